The predicted molar refractivity (Wildman–Crippen MR) is 82.4 cm³/mol. The van der Waals surface area contributed by atoms with E-state index in [1.54, 1.807) is 0 Å². The summed E-state index contributed by atoms with van der Waals surface area (Å²) in [6.45, 7) is 9.84. The van der Waals surface area contributed by atoms with Crippen molar-refractivity contribution < 1.29 is 14.6 Å². The molecule has 0 aromatic heterocycles. The summed E-state index contributed by atoms with van der Waals surface area (Å²) in [6.07, 6.45) is 0. The van der Waals surface area contributed by atoms with Gasteiger partial charge >= 0.3 is 0 Å². The number of nitrogens with two attached hydrogens (primary N) is 1. The summed E-state index contributed by atoms with van der Waals surface area (Å²) in [7, 11) is 0. The number of rotatable bonds is 8. The largest absolute Gasteiger partial charge is 0.491 e. The van der Waals surface area contributed by atoms with Crippen molar-refractivity contribution in [3.8, 4) is 5.75 Å². The summed E-state index contributed by atoms with van der Waals surface area (Å²) in [5, 5.41) is 8.63. The van der Waals surface area contributed by atoms with Crippen molar-refractivity contribution in [1.82, 2.24) is 0 Å². The van der Waals surface area contributed by atoms with E-state index in [0.717, 1.165) is 22.6 Å². The Hall–Kier alpha value is -1.26. The van der Waals surface area contributed by atoms with Crippen LogP contribution in [0.25, 0.3) is 0 Å². The molecule has 0 spiro atoms. The first-order valence-electron chi connectivity index (χ1n) is 7.22. The molecule has 0 unspecified atom stereocenters. The van der Waals surface area contributed by atoms with E-state index < -0.39 is 0 Å². The van der Waals surface area contributed by atoms with Crippen molar-refractivity contribution in [3.63, 3.8) is 0 Å². The molecule has 0 aliphatic carbocycles. The van der Waals surface area contributed by atoms with Gasteiger partial charge in [-0.1, -0.05) is 27.7 Å². The molecule has 0 atom stereocenters. The normalized spacial score (nSPS) is 11.3. The Morgan fingerprint density at radius 1 is 1.00 bits per heavy atom. The molecule has 0 heterocycles. The van der Waals surface area contributed by atoms with Gasteiger partial charge in [-0.2, -0.15) is 0 Å². The lowest BCUT2D eigenvalue weighted by molar-refractivity contribution is 0.0705. The molecule has 1 aromatic carbocycles. The summed E-state index contributed by atoms with van der Waals surface area (Å²) in [6, 6.07) is 4.02. The number of aliphatic hydroxyl groups excluding tert-OH is 1. The average Bonchev–Trinajstić information content (AvgIpc) is 2.39. The number of hydrogen-bond acceptors (Lipinski definition) is 4. The summed E-state index contributed by atoms with van der Waals surface area (Å²) in [4.78, 5) is 0. The van der Waals surface area contributed by atoms with E-state index in [-0.39, 0.29) is 6.61 Å². The molecule has 4 nitrogen and oxygen atoms in total. The van der Waals surface area contributed by atoms with Gasteiger partial charge in [0.1, 0.15) is 12.4 Å². The van der Waals surface area contributed by atoms with E-state index in [2.05, 4.69) is 27.7 Å². The Balaban J connectivity index is 2.80. The van der Waals surface area contributed by atoms with Crippen LogP contribution < -0.4 is 10.5 Å². The highest BCUT2D eigenvalue weighted by Crippen LogP contribution is 2.34. The van der Waals surface area contributed by atoms with E-state index >= 15 is 0 Å². The van der Waals surface area contributed by atoms with Crippen LogP contribution in [0.4, 0.5) is 5.69 Å². The first kappa shape index (κ1) is 16.8. The van der Waals surface area contributed by atoms with Crippen LogP contribution >= 0.6 is 0 Å². The van der Waals surface area contributed by atoms with Crippen molar-refractivity contribution in [2.75, 3.05) is 32.2 Å². The molecule has 0 aliphatic heterocycles. The second kappa shape index (κ2) is 8.12. The monoisotopic (exact) mass is 281 g/mol. The number of benzene rings is 1. The van der Waals surface area contributed by atoms with Crippen LogP contribution in [0.5, 0.6) is 5.75 Å². The standard InChI is InChI=1S/C16H27NO3/c1-11(2)14-9-13(20-8-7-19-6-5-18)10-15(12(3)4)16(14)17/h9-12,18H,5-8,17H2,1-4H3. The molecule has 3 N–H and O–H groups in total. The van der Waals surface area contributed by atoms with Gasteiger partial charge in [-0.05, 0) is 35.1 Å². The lowest BCUT2D eigenvalue weighted by atomic mass is 9.92. The van der Waals surface area contributed by atoms with Gasteiger partial charge in [0.25, 0.3) is 0 Å². The van der Waals surface area contributed by atoms with Gasteiger partial charge in [0.2, 0.25) is 0 Å². The average molecular weight is 281 g/mol. The minimum absolute atomic E-state index is 0.0386. The van der Waals surface area contributed by atoms with E-state index in [9.17, 15) is 0 Å². The zero-order valence-electron chi connectivity index (χ0n) is 13.0. The fourth-order valence-electron chi connectivity index (χ4n) is 2.09. The molecule has 0 amide bonds. The number of aliphatic hydroxyl groups is 1. The van der Waals surface area contributed by atoms with E-state index in [4.69, 9.17) is 20.3 Å². The van der Waals surface area contributed by atoms with Crippen molar-refractivity contribution in [1.29, 1.82) is 0 Å². The Labute approximate surface area is 121 Å². The lowest BCUT2D eigenvalue weighted by Gasteiger charge is -2.19. The summed E-state index contributed by atoms with van der Waals surface area (Å²) in [5.41, 5.74) is 9.37. The van der Waals surface area contributed by atoms with Crippen LogP contribution in [0.3, 0.4) is 0 Å². The van der Waals surface area contributed by atoms with Crippen LogP contribution in [0.2, 0.25) is 0 Å². The third kappa shape index (κ3) is 4.69. The zero-order chi connectivity index (χ0) is 15.1. The van der Waals surface area contributed by atoms with Crippen LogP contribution in [0.1, 0.15) is 50.7 Å². The van der Waals surface area contributed by atoms with Gasteiger partial charge in [-0.15, -0.1) is 0 Å². The highest BCUT2D eigenvalue weighted by atomic mass is 16.5. The van der Waals surface area contributed by atoms with Gasteiger partial charge in [0.15, 0.2) is 0 Å². The van der Waals surface area contributed by atoms with Crippen molar-refractivity contribution in [3.05, 3.63) is 23.3 Å². The van der Waals surface area contributed by atoms with Crippen molar-refractivity contribution in [2.45, 2.75) is 39.5 Å². The zero-order valence-corrected chi connectivity index (χ0v) is 13.0. The first-order chi connectivity index (χ1) is 9.47. The third-order valence-corrected chi connectivity index (χ3v) is 3.19. The SMILES string of the molecule is CC(C)c1cc(OCCOCCO)cc(C(C)C)c1N. The molecule has 0 radical (unpaired) electrons. The van der Waals surface area contributed by atoms with Crippen molar-refractivity contribution in [2.24, 2.45) is 0 Å². The smallest absolute Gasteiger partial charge is 0.120 e. The van der Waals surface area contributed by atoms with E-state index in [1.807, 2.05) is 12.1 Å². The van der Waals surface area contributed by atoms with Gasteiger partial charge < -0.3 is 20.3 Å². The quantitative estimate of drug-likeness (QED) is 0.568. The summed E-state index contributed by atoms with van der Waals surface area (Å²) < 4.78 is 10.9. The van der Waals surface area contributed by atoms with E-state index in [0.29, 0.717) is 31.7 Å². The van der Waals surface area contributed by atoms with Crippen LogP contribution in [-0.2, 0) is 4.74 Å². The van der Waals surface area contributed by atoms with E-state index in [1.165, 1.54) is 0 Å². The number of anilines is 1. The maximum absolute atomic E-state index is 8.63. The topological polar surface area (TPSA) is 64.7 Å². The minimum Gasteiger partial charge on any atom is -0.491 e. The Kier molecular flexibility index (Phi) is 6.82. The van der Waals surface area contributed by atoms with Crippen LogP contribution in [-0.4, -0.2) is 31.5 Å². The van der Waals surface area contributed by atoms with Gasteiger partial charge in [-0.25, -0.2) is 0 Å². The molecule has 0 saturated heterocycles. The third-order valence-electron chi connectivity index (χ3n) is 3.19. The van der Waals surface area contributed by atoms with Crippen LogP contribution in [0.15, 0.2) is 12.1 Å². The van der Waals surface area contributed by atoms with Gasteiger partial charge in [-0.3, -0.25) is 0 Å². The fourth-order valence-corrected chi connectivity index (χ4v) is 2.09. The Bertz CT molecular complexity index is 387. The molecule has 0 aliphatic rings. The second-order valence-electron chi connectivity index (χ2n) is 5.51. The molecule has 1 rings (SSSR count). The molecular weight excluding hydrogens is 254 g/mol. The molecular formula is C16H27NO3. The highest BCUT2D eigenvalue weighted by molar-refractivity contribution is 5.59. The molecule has 0 bridgehead atoms. The van der Waals surface area contributed by atoms with Crippen molar-refractivity contribution >= 4 is 5.69 Å². The summed E-state index contributed by atoms with van der Waals surface area (Å²) >= 11 is 0. The number of nitrogen functional groups attached to an aromatic ring is 1. The number of ether oxygens (including phenoxy) is 2. The van der Waals surface area contributed by atoms with Gasteiger partial charge in [0, 0.05) is 5.69 Å². The highest BCUT2D eigenvalue weighted by Gasteiger charge is 2.14. The van der Waals surface area contributed by atoms with Crippen LogP contribution in [0, 0.1) is 0 Å². The fraction of sp³-hybridized carbons (Fsp3) is 0.625. The predicted octanol–water partition coefficient (Wildman–Crippen LogP) is 2.90. The molecule has 4 heteroatoms. The first-order valence-corrected chi connectivity index (χ1v) is 7.22. The lowest BCUT2D eigenvalue weighted by Crippen LogP contribution is -2.10. The number of hydrogen-bond donors (Lipinski definition) is 2. The minimum atomic E-state index is 0.0386. The maximum atomic E-state index is 8.63. The molecule has 20 heavy (non-hydrogen) atoms. The Morgan fingerprint density at radius 2 is 1.55 bits per heavy atom. The van der Waals surface area contributed by atoms with Gasteiger partial charge in [0.05, 0.1) is 19.8 Å². The Morgan fingerprint density at radius 3 is 2.00 bits per heavy atom. The molecule has 0 saturated carbocycles. The molecule has 114 valence electrons. The second-order valence-corrected chi connectivity index (χ2v) is 5.51. The summed E-state index contributed by atoms with van der Waals surface area (Å²) in [5.74, 6) is 1.56. The molecule has 0 fully saturated rings. The molecule has 1 aromatic rings. The maximum Gasteiger partial charge on any atom is 0.120 e.